The fraction of sp³-hybridized carbons (Fsp3) is 0.0435. The molecule has 0 fully saturated rings. The molecule has 0 radical (unpaired) electrons. The maximum Gasteiger partial charge on any atom is 0.0782 e. The van der Waals surface area contributed by atoms with Crippen molar-refractivity contribution in [2.75, 3.05) is 4.90 Å². The highest BCUT2D eigenvalue weighted by Gasteiger charge is 2.36. The summed E-state index contributed by atoms with van der Waals surface area (Å²) in [4.78, 5) is 2.54. The van der Waals surface area contributed by atoms with Gasteiger partial charge in [-0.15, -0.1) is 11.3 Å². The van der Waals surface area contributed by atoms with Gasteiger partial charge in [-0.2, -0.15) is 0 Å². The topological polar surface area (TPSA) is 8.17 Å². The Morgan fingerprint density at radius 3 is 1.69 bits per heavy atom. The predicted molar refractivity (Wildman–Crippen MR) is 308 cm³/mol. The van der Waals surface area contributed by atoms with Gasteiger partial charge in [-0.05, 0) is 134 Å². The molecule has 72 heavy (non-hydrogen) atoms. The van der Waals surface area contributed by atoms with E-state index in [1.807, 2.05) is 11.3 Å². The molecular formula is C69H48N2S. The molecule has 0 atom stereocenters. The van der Waals surface area contributed by atoms with Gasteiger partial charge >= 0.3 is 0 Å². The molecule has 0 unspecified atom stereocenters. The first-order valence-electron chi connectivity index (χ1n) is 24.9. The highest BCUT2D eigenvalue weighted by molar-refractivity contribution is 7.25. The average molecular weight is 937 g/mol. The Morgan fingerprint density at radius 2 is 0.903 bits per heavy atom. The highest BCUT2D eigenvalue weighted by Crippen LogP contribution is 2.53. The van der Waals surface area contributed by atoms with E-state index in [4.69, 9.17) is 0 Å². The Hall–Kier alpha value is -8.76. The van der Waals surface area contributed by atoms with Crippen molar-refractivity contribution in [3.05, 3.63) is 266 Å². The first kappa shape index (κ1) is 42.1. The molecule has 340 valence electrons. The number of thiophene rings is 1. The Bertz CT molecular complexity index is 4240. The van der Waals surface area contributed by atoms with Gasteiger partial charge in [0.25, 0.3) is 0 Å². The minimum Gasteiger partial charge on any atom is -0.308 e. The zero-order valence-electron chi connectivity index (χ0n) is 40.1. The van der Waals surface area contributed by atoms with Crippen LogP contribution in [0.5, 0.6) is 0 Å². The summed E-state index contributed by atoms with van der Waals surface area (Å²) in [6.45, 7) is 4.76. The molecule has 11 aromatic carbocycles. The van der Waals surface area contributed by atoms with Crippen molar-refractivity contribution in [1.82, 2.24) is 4.57 Å². The molecule has 0 bridgehead atoms. The summed E-state index contributed by atoms with van der Waals surface area (Å²) < 4.78 is 5.15. The summed E-state index contributed by atoms with van der Waals surface area (Å²) in [6.07, 6.45) is 0. The number of aromatic nitrogens is 1. The van der Waals surface area contributed by atoms with E-state index in [2.05, 4.69) is 278 Å². The van der Waals surface area contributed by atoms with Crippen molar-refractivity contribution in [3.8, 4) is 61.3 Å². The molecule has 14 rings (SSSR count). The molecular weight excluding hydrogens is 889 g/mol. The molecule has 0 saturated heterocycles. The van der Waals surface area contributed by atoms with Gasteiger partial charge in [-0.3, -0.25) is 0 Å². The van der Waals surface area contributed by atoms with E-state index in [0.717, 1.165) is 33.8 Å². The van der Waals surface area contributed by atoms with Gasteiger partial charge < -0.3 is 9.47 Å². The molecule has 0 aliphatic heterocycles. The summed E-state index contributed by atoms with van der Waals surface area (Å²) in [5, 5.41) is 4.94. The smallest absolute Gasteiger partial charge is 0.0782 e. The van der Waals surface area contributed by atoms with E-state index in [-0.39, 0.29) is 5.41 Å². The van der Waals surface area contributed by atoms with Crippen LogP contribution in [0.15, 0.2) is 255 Å². The second kappa shape index (κ2) is 16.7. The summed E-state index contributed by atoms with van der Waals surface area (Å²) >= 11 is 1.86. The third kappa shape index (κ3) is 6.77. The minimum absolute atomic E-state index is 0.182. The van der Waals surface area contributed by atoms with Gasteiger partial charge in [0.05, 0.1) is 16.7 Å². The number of anilines is 3. The molecule has 1 aliphatic rings. The molecule has 3 heteroatoms. The molecule has 0 saturated carbocycles. The second-order valence-corrected chi connectivity index (χ2v) is 20.8. The van der Waals surface area contributed by atoms with Gasteiger partial charge in [0, 0.05) is 59.0 Å². The van der Waals surface area contributed by atoms with Gasteiger partial charge in [0.1, 0.15) is 0 Å². The molecule has 0 N–H and O–H groups in total. The minimum atomic E-state index is -0.182. The largest absolute Gasteiger partial charge is 0.308 e. The third-order valence-corrected chi connectivity index (χ3v) is 16.3. The van der Waals surface area contributed by atoms with Crippen LogP contribution in [0.2, 0.25) is 0 Å². The number of nitrogens with zero attached hydrogens (tertiary/aromatic N) is 2. The van der Waals surface area contributed by atoms with Crippen molar-refractivity contribution >= 4 is 70.4 Å². The number of fused-ring (bicyclic) bond motifs is 9. The van der Waals surface area contributed by atoms with Crippen LogP contribution >= 0.6 is 11.3 Å². The molecule has 0 amide bonds. The fourth-order valence-corrected chi connectivity index (χ4v) is 12.8. The highest BCUT2D eigenvalue weighted by atomic mass is 32.1. The monoisotopic (exact) mass is 936 g/mol. The molecule has 2 heterocycles. The Kier molecular flexibility index (Phi) is 9.77. The summed E-state index contributed by atoms with van der Waals surface area (Å²) in [5.41, 5.74) is 21.4. The van der Waals surface area contributed by atoms with Crippen LogP contribution in [0, 0.1) is 0 Å². The molecule has 13 aromatic rings. The van der Waals surface area contributed by atoms with E-state index in [1.165, 1.54) is 97.7 Å². The quantitative estimate of drug-likeness (QED) is 0.147. The van der Waals surface area contributed by atoms with E-state index in [1.54, 1.807) is 0 Å². The van der Waals surface area contributed by atoms with Gasteiger partial charge in [0.15, 0.2) is 0 Å². The van der Waals surface area contributed by atoms with Crippen molar-refractivity contribution in [2.24, 2.45) is 0 Å². The third-order valence-electron chi connectivity index (χ3n) is 15.1. The Balaban J connectivity index is 1.09. The SMILES string of the molecule is CC1(C)c2ccccc2-c2ccc(N(c3ccc4sc5ccccc5c4c3)c3cccc4c5cc(-c6ccccc6)cc(-c6ccccc6)c5n(-c5cccc(-c6cccc(-c7ccccc7)c6)c5)c34)cc21. The van der Waals surface area contributed by atoms with Crippen molar-refractivity contribution < 1.29 is 0 Å². The Labute approximate surface area is 424 Å². The Morgan fingerprint density at radius 1 is 0.333 bits per heavy atom. The lowest BCUT2D eigenvalue weighted by Crippen LogP contribution is -2.17. The maximum absolute atomic E-state index is 2.57. The van der Waals surface area contributed by atoms with Crippen LogP contribution in [0.3, 0.4) is 0 Å². The predicted octanol–water partition coefficient (Wildman–Crippen LogP) is 19.6. The van der Waals surface area contributed by atoms with Crippen molar-refractivity contribution in [3.63, 3.8) is 0 Å². The number of benzene rings is 11. The van der Waals surface area contributed by atoms with E-state index < -0.39 is 0 Å². The average Bonchev–Trinajstić information content (AvgIpc) is 4.07. The molecule has 2 nitrogen and oxygen atoms in total. The van der Waals surface area contributed by atoms with Crippen LogP contribution < -0.4 is 4.90 Å². The van der Waals surface area contributed by atoms with E-state index in [0.29, 0.717) is 0 Å². The maximum atomic E-state index is 2.57. The van der Waals surface area contributed by atoms with Crippen LogP contribution in [-0.2, 0) is 5.41 Å². The normalized spacial score (nSPS) is 12.7. The van der Waals surface area contributed by atoms with Gasteiger partial charge in [0.2, 0.25) is 0 Å². The standard InChI is InChI=1S/C69H48N2S/c1-69(2)62-32-14-12-29-55(62)56-37-35-54(44-63(56)69)70(53-36-38-66-60(43-53)57-30-13-15-34-65(57)72-66)64-33-18-31-58-61-42-51(46-21-8-4-9-22-46)41-59(47-23-10-5-11-24-47)67(61)71(68(58)64)52-28-17-27-50(40-52)49-26-16-25-48(39-49)45-19-6-3-7-20-45/h3-44H,1-2H3. The zero-order chi connectivity index (χ0) is 47.9. The lowest BCUT2D eigenvalue weighted by Gasteiger charge is -2.29. The van der Waals surface area contributed by atoms with E-state index >= 15 is 0 Å². The number of hydrogen-bond donors (Lipinski definition) is 0. The summed E-state index contributed by atoms with van der Waals surface area (Å²) in [6, 6.07) is 94.5. The summed E-state index contributed by atoms with van der Waals surface area (Å²) in [5.74, 6) is 0. The molecule has 0 spiro atoms. The van der Waals surface area contributed by atoms with Crippen LogP contribution in [0.4, 0.5) is 17.1 Å². The number of rotatable bonds is 8. The first-order chi connectivity index (χ1) is 35.5. The van der Waals surface area contributed by atoms with Gasteiger partial charge in [-0.1, -0.05) is 196 Å². The van der Waals surface area contributed by atoms with Crippen LogP contribution in [-0.4, -0.2) is 4.57 Å². The van der Waals surface area contributed by atoms with Crippen molar-refractivity contribution in [2.45, 2.75) is 19.3 Å². The lowest BCUT2D eigenvalue weighted by molar-refractivity contribution is 0.660. The fourth-order valence-electron chi connectivity index (χ4n) is 11.7. The first-order valence-corrected chi connectivity index (χ1v) is 25.7. The summed E-state index contributed by atoms with van der Waals surface area (Å²) in [7, 11) is 0. The number of para-hydroxylation sites is 1. The lowest BCUT2D eigenvalue weighted by atomic mass is 9.82. The molecule has 2 aromatic heterocycles. The van der Waals surface area contributed by atoms with Crippen LogP contribution in [0.25, 0.3) is 103 Å². The second-order valence-electron chi connectivity index (χ2n) is 19.7. The van der Waals surface area contributed by atoms with Crippen LogP contribution in [0.1, 0.15) is 25.0 Å². The molecule has 1 aliphatic carbocycles. The van der Waals surface area contributed by atoms with Gasteiger partial charge in [-0.25, -0.2) is 0 Å². The number of hydrogen-bond acceptors (Lipinski definition) is 2. The van der Waals surface area contributed by atoms with Crippen molar-refractivity contribution in [1.29, 1.82) is 0 Å². The van der Waals surface area contributed by atoms with E-state index in [9.17, 15) is 0 Å². The zero-order valence-corrected chi connectivity index (χ0v) is 40.9.